The fourth-order valence-electron chi connectivity index (χ4n) is 4.04. The summed E-state index contributed by atoms with van der Waals surface area (Å²) in [5.74, 6) is 0.438. The van der Waals surface area contributed by atoms with Crippen molar-refractivity contribution in [3.63, 3.8) is 0 Å². The molecule has 0 saturated heterocycles. The summed E-state index contributed by atoms with van der Waals surface area (Å²) in [5, 5.41) is 9.91. The second kappa shape index (κ2) is 8.47. The Morgan fingerprint density at radius 3 is 2.72 bits per heavy atom. The largest absolute Gasteiger partial charge is 0.493 e. The lowest BCUT2D eigenvalue weighted by Gasteiger charge is -2.28. The van der Waals surface area contributed by atoms with Gasteiger partial charge < -0.3 is 24.5 Å². The van der Waals surface area contributed by atoms with E-state index in [1.54, 1.807) is 35.0 Å². The number of nitriles is 1. The van der Waals surface area contributed by atoms with Crippen LogP contribution < -0.4 is 30.5 Å². The lowest BCUT2D eigenvalue weighted by atomic mass is 9.83. The number of pyridine rings is 2. The Bertz CT molecular complexity index is 1310. The molecule has 0 spiro atoms. The number of allylic oxidation sites excluding steroid dienone is 1. The van der Waals surface area contributed by atoms with Crippen molar-refractivity contribution in [1.29, 1.82) is 5.26 Å². The molecule has 0 radical (unpaired) electrons. The van der Waals surface area contributed by atoms with E-state index < -0.39 is 5.92 Å². The first kappa shape index (κ1) is 21.0. The minimum atomic E-state index is -0.768. The number of hydrogen-bond donors (Lipinski definition) is 1. The van der Waals surface area contributed by atoms with E-state index in [2.05, 4.69) is 11.1 Å². The summed E-state index contributed by atoms with van der Waals surface area (Å²) in [6, 6.07) is 13.0. The molecule has 0 fully saturated rings. The van der Waals surface area contributed by atoms with Gasteiger partial charge in [0.1, 0.15) is 17.4 Å². The van der Waals surface area contributed by atoms with Gasteiger partial charge in [-0.05, 0) is 19.1 Å². The zero-order chi connectivity index (χ0) is 22.8. The molecule has 1 aromatic carbocycles. The Labute approximate surface area is 185 Å². The standard InChI is InChI=1S/C24H22N4O4/c1-14-10-19-21(24(29)28(14)13-15-6-5-9-27-12-15)20(17(11-25)23(26)32-19)16-7-4-8-18(30-2)22(16)31-3/h4-10,12,20H,13,26H2,1-3H3/p+1. The molecule has 1 atom stereocenters. The minimum Gasteiger partial charge on any atom is -0.493 e. The Hall–Kier alpha value is -4.25. The molecule has 3 aromatic rings. The van der Waals surface area contributed by atoms with E-state index in [-0.39, 0.29) is 17.0 Å². The van der Waals surface area contributed by atoms with Gasteiger partial charge in [-0.2, -0.15) is 5.26 Å². The minimum absolute atomic E-state index is 0.0379. The number of aryl methyl sites for hydroxylation is 1. The molecule has 8 nitrogen and oxygen atoms in total. The zero-order valence-corrected chi connectivity index (χ0v) is 18.0. The van der Waals surface area contributed by atoms with Crippen molar-refractivity contribution in [2.24, 2.45) is 5.73 Å². The predicted octanol–water partition coefficient (Wildman–Crippen LogP) is 2.25. The average molecular weight is 431 g/mol. The number of fused-ring (bicyclic) bond motifs is 1. The molecule has 1 unspecified atom stereocenters. The molecular formula is C24H23N4O4+. The number of aromatic nitrogens is 2. The Balaban J connectivity index is 1.98. The maximum atomic E-state index is 13.8. The third-order valence-corrected chi connectivity index (χ3v) is 5.55. The highest BCUT2D eigenvalue weighted by Gasteiger charge is 2.36. The fraction of sp³-hybridized carbons (Fsp3) is 0.208. The van der Waals surface area contributed by atoms with Crippen molar-refractivity contribution in [1.82, 2.24) is 4.57 Å². The number of aromatic amines is 1. The number of para-hydroxylation sites is 1. The van der Waals surface area contributed by atoms with Crippen molar-refractivity contribution in [3.05, 3.63) is 93.0 Å². The molecule has 162 valence electrons. The summed E-state index contributed by atoms with van der Waals surface area (Å²) in [6.07, 6.45) is 3.64. The van der Waals surface area contributed by atoms with Gasteiger partial charge in [0.25, 0.3) is 5.56 Å². The third kappa shape index (κ3) is 3.44. The van der Waals surface area contributed by atoms with Gasteiger partial charge >= 0.3 is 0 Å². The van der Waals surface area contributed by atoms with E-state index in [0.29, 0.717) is 40.6 Å². The van der Waals surface area contributed by atoms with Crippen molar-refractivity contribution >= 4 is 0 Å². The van der Waals surface area contributed by atoms with Crippen LogP contribution in [0.2, 0.25) is 0 Å². The molecular weight excluding hydrogens is 408 g/mol. The molecule has 32 heavy (non-hydrogen) atoms. The first-order valence-electron chi connectivity index (χ1n) is 9.98. The molecule has 2 aromatic heterocycles. The highest BCUT2D eigenvalue weighted by atomic mass is 16.5. The van der Waals surface area contributed by atoms with Gasteiger partial charge in [0.15, 0.2) is 23.9 Å². The summed E-state index contributed by atoms with van der Waals surface area (Å²) in [7, 11) is 3.04. The number of rotatable bonds is 5. The van der Waals surface area contributed by atoms with Crippen LogP contribution in [0.25, 0.3) is 0 Å². The SMILES string of the molecule is COc1cccc(C2C(C#N)=C(N)Oc3cc(C)n(Cc4ccc[nH+]c4)c(=O)c32)c1OC. The van der Waals surface area contributed by atoms with Crippen molar-refractivity contribution in [3.8, 4) is 23.3 Å². The van der Waals surface area contributed by atoms with Crippen LogP contribution in [0.4, 0.5) is 0 Å². The summed E-state index contributed by atoms with van der Waals surface area (Å²) in [4.78, 5) is 16.8. The van der Waals surface area contributed by atoms with E-state index >= 15 is 0 Å². The second-order valence-electron chi connectivity index (χ2n) is 7.37. The van der Waals surface area contributed by atoms with Gasteiger partial charge in [0.05, 0.1) is 32.2 Å². The summed E-state index contributed by atoms with van der Waals surface area (Å²) in [6.45, 7) is 2.19. The number of nitrogens with two attached hydrogens (primary N) is 1. The number of methoxy groups -OCH3 is 2. The predicted molar refractivity (Wildman–Crippen MR) is 116 cm³/mol. The number of nitrogens with one attached hydrogen (secondary N) is 1. The molecule has 0 bridgehead atoms. The molecule has 4 rings (SSSR count). The molecule has 3 heterocycles. The number of H-pyrrole nitrogens is 1. The molecule has 8 heteroatoms. The number of hydrogen-bond acceptors (Lipinski definition) is 6. The van der Waals surface area contributed by atoms with Crippen LogP contribution in [0, 0.1) is 18.3 Å². The van der Waals surface area contributed by atoms with E-state index in [9.17, 15) is 10.1 Å². The fourth-order valence-corrected chi connectivity index (χ4v) is 4.04. The summed E-state index contributed by atoms with van der Waals surface area (Å²) >= 11 is 0. The van der Waals surface area contributed by atoms with Crippen molar-refractivity contribution in [2.75, 3.05) is 14.2 Å². The number of ether oxygens (including phenoxy) is 3. The lowest BCUT2D eigenvalue weighted by molar-refractivity contribution is -0.378. The van der Waals surface area contributed by atoms with Crippen LogP contribution in [0.5, 0.6) is 17.2 Å². The third-order valence-electron chi connectivity index (χ3n) is 5.55. The maximum absolute atomic E-state index is 13.8. The summed E-state index contributed by atoms with van der Waals surface area (Å²) < 4.78 is 18.4. The first-order chi connectivity index (χ1) is 15.5. The Morgan fingerprint density at radius 1 is 1.25 bits per heavy atom. The lowest BCUT2D eigenvalue weighted by Crippen LogP contribution is -2.33. The van der Waals surface area contributed by atoms with Crippen LogP contribution in [-0.4, -0.2) is 18.8 Å². The molecule has 3 N–H and O–H groups in total. The molecule has 0 aliphatic carbocycles. The van der Waals surface area contributed by atoms with E-state index in [1.807, 2.05) is 25.3 Å². The van der Waals surface area contributed by atoms with Crippen molar-refractivity contribution in [2.45, 2.75) is 19.4 Å². The van der Waals surface area contributed by atoms with Crippen LogP contribution in [0.15, 0.2) is 65.0 Å². The van der Waals surface area contributed by atoms with Gasteiger partial charge in [-0.25, -0.2) is 4.98 Å². The van der Waals surface area contributed by atoms with E-state index in [4.69, 9.17) is 19.9 Å². The zero-order valence-electron chi connectivity index (χ0n) is 18.0. The average Bonchev–Trinajstić information content (AvgIpc) is 2.81. The van der Waals surface area contributed by atoms with Gasteiger partial charge in [0, 0.05) is 29.0 Å². The molecule has 1 aliphatic heterocycles. The monoisotopic (exact) mass is 431 g/mol. The van der Waals surface area contributed by atoms with Crippen molar-refractivity contribution < 1.29 is 19.2 Å². The van der Waals surface area contributed by atoms with Crippen LogP contribution >= 0.6 is 0 Å². The van der Waals surface area contributed by atoms with Crippen LogP contribution in [0.3, 0.4) is 0 Å². The van der Waals surface area contributed by atoms with Gasteiger partial charge in [0.2, 0.25) is 5.88 Å². The van der Waals surface area contributed by atoms with Crippen LogP contribution in [-0.2, 0) is 6.54 Å². The Kier molecular flexibility index (Phi) is 5.56. The maximum Gasteiger partial charge on any atom is 0.259 e. The summed E-state index contributed by atoms with van der Waals surface area (Å²) in [5.41, 5.74) is 8.55. The highest BCUT2D eigenvalue weighted by molar-refractivity contribution is 5.60. The van der Waals surface area contributed by atoms with E-state index in [1.165, 1.54) is 14.2 Å². The smallest absolute Gasteiger partial charge is 0.259 e. The number of benzene rings is 1. The number of nitrogens with zero attached hydrogens (tertiary/aromatic N) is 2. The van der Waals surface area contributed by atoms with Gasteiger partial charge in [-0.1, -0.05) is 12.1 Å². The normalized spacial score (nSPS) is 14.9. The topological polar surface area (TPSA) is 114 Å². The van der Waals surface area contributed by atoms with E-state index in [0.717, 1.165) is 5.56 Å². The van der Waals surface area contributed by atoms with Gasteiger partial charge in [-0.15, -0.1) is 0 Å². The molecule has 0 saturated carbocycles. The second-order valence-corrected chi connectivity index (χ2v) is 7.37. The quantitative estimate of drug-likeness (QED) is 0.663. The first-order valence-corrected chi connectivity index (χ1v) is 9.98. The van der Waals surface area contributed by atoms with Gasteiger partial charge in [-0.3, -0.25) is 4.79 Å². The van der Waals surface area contributed by atoms with Crippen LogP contribution in [0.1, 0.15) is 28.3 Å². The highest BCUT2D eigenvalue weighted by Crippen LogP contribution is 2.46. The molecule has 1 aliphatic rings. The molecule has 0 amide bonds. The Morgan fingerprint density at radius 2 is 2.06 bits per heavy atom.